The molecule has 5 heteroatoms. The van der Waals surface area contributed by atoms with Gasteiger partial charge in [0.25, 0.3) is 0 Å². The Morgan fingerprint density at radius 1 is 1.47 bits per heavy atom. The highest BCUT2D eigenvalue weighted by molar-refractivity contribution is 7.09. The molecule has 1 heterocycles. The number of halogens is 1. The van der Waals surface area contributed by atoms with Gasteiger partial charge in [0.15, 0.2) is 0 Å². The Hall–Kier alpha value is -1.75. The molecule has 0 radical (unpaired) electrons. The van der Waals surface area contributed by atoms with Gasteiger partial charge in [0, 0.05) is 5.38 Å². The van der Waals surface area contributed by atoms with E-state index in [4.69, 9.17) is 4.74 Å². The van der Waals surface area contributed by atoms with Crippen molar-refractivity contribution in [2.75, 3.05) is 0 Å². The lowest BCUT2D eigenvalue weighted by atomic mass is 10.1. The van der Waals surface area contributed by atoms with Crippen LogP contribution in [0, 0.1) is 12.7 Å². The predicted molar refractivity (Wildman–Crippen MR) is 71.7 cm³/mol. The van der Waals surface area contributed by atoms with E-state index in [0.29, 0.717) is 5.56 Å². The molecule has 1 aromatic heterocycles. The minimum Gasteiger partial charge on any atom is -0.456 e. The van der Waals surface area contributed by atoms with E-state index in [1.54, 1.807) is 19.1 Å². The molecule has 100 valence electrons. The van der Waals surface area contributed by atoms with Crippen molar-refractivity contribution in [3.05, 3.63) is 51.2 Å². The summed E-state index contributed by atoms with van der Waals surface area (Å²) in [4.78, 5) is 16.0. The molecule has 0 unspecified atom stereocenters. The Morgan fingerprint density at radius 3 is 2.89 bits per heavy atom. The SMILES string of the molecule is CCc1nc(COC(=O)c2ccc(C)c(F)c2)cs1. The quantitative estimate of drug-likeness (QED) is 0.804. The van der Waals surface area contributed by atoms with E-state index in [-0.39, 0.29) is 12.2 Å². The average molecular weight is 279 g/mol. The minimum atomic E-state index is -0.537. The second kappa shape index (κ2) is 5.93. The first-order valence-corrected chi connectivity index (χ1v) is 6.84. The van der Waals surface area contributed by atoms with Crippen molar-refractivity contribution in [3.63, 3.8) is 0 Å². The molecule has 0 bridgehead atoms. The Morgan fingerprint density at radius 2 is 2.26 bits per heavy atom. The maximum Gasteiger partial charge on any atom is 0.338 e. The third-order valence-corrected chi connectivity index (χ3v) is 3.70. The third kappa shape index (κ3) is 3.38. The summed E-state index contributed by atoms with van der Waals surface area (Å²) in [6.07, 6.45) is 0.863. The fourth-order valence-electron chi connectivity index (χ4n) is 1.52. The zero-order chi connectivity index (χ0) is 13.8. The molecule has 2 rings (SSSR count). The summed E-state index contributed by atoms with van der Waals surface area (Å²) < 4.78 is 18.4. The van der Waals surface area contributed by atoms with Crippen molar-refractivity contribution < 1.29 is 13.9 Å². The summed E-state index contributed by atoms with van der Waals surface area (Å²) in [6, 6.07) is 4.30. The molecular formula is C14H14FNO2S. The first kappa shape index (κ1) is 13.7. The van der Waals surface area contributed by atoms with Gasteiger partial charge in [-0.2, -0.15) is 0 Å². The van der Waals surface area contributed by atoms with Gasteiger partial charge in [0.2, 0.25) is 0 Å². The first-order chi connectivity index (χ1) is 9.10. The monoisotopic (exact) mass is 279 g/mol. The van der Waals surface area contributed by atoms with Crippen LogP contribution in [0.3, 0.4) is 0 Å². The summed E-state index contributed by atoms with van der Waals surface area (Å²) in [6.45, 7) is 3.78. The Labute approximate surface area is 115 Å². The second-order valence-corrected chi connectivity index (χ2v) is 5.07. The fourth-order valence-corrected chi connectivity index (χ4v) is 2.25. The molecule has 1 aromatic carbocycles. The standard InChI is InChI=1S/C14H14FNO2S/c1-3-13-16-11(8-19-13)7-18-14(17)10-5-4-9(2)12(15)6-10/h4-6,8H,3,7H2,1-2H3. The molecule has 0 aliphatic rings. The maximum atomic E-state index is 13.3. The third-order valence-electron chi connectivity index (χ3n) is 2.66. The van der Waals surface area contributed by atoms with Gasteiger partial charge >= 0.3 is 5.97 Å². The van der Waals surface area contributed by atoms with Gasteiger partial charge in [-0.1, -0.05) is 13.0 Å². The van der Waals surface area contributed by atoms with Crippen molar-refractivity contribution >= 4 is 17.3 Å². The van der Waals surface area contributed by atoms with Gasteiger partial charge in [-0.05, 0) is 31.0 Å². The number of nitrogens with zero attached hydrogens (tertiary/aromatic N) is 1. The number of carbonyl (C=O) groups is 1. The number of esters is 1. The average Bonchev–Trinajstić information content (AvgIpc) is 2.87. The predicted octanol–water partition coefficient (Wildman–Crippen LogP) is 3.51. The van der Waals surface area contributed by atoms with Gasteiger partial charge in [-0.25, -0.2) is 14.2 Å². The van der Waals surface area contributed by atoms with Crippen LogP contribution in [0.1, 0.15) is 33.5 Å². The Kier molecular flexibility index (Phi) is 4.27. The molecular weight excluding hydrogens is 265 g/mol. The smallest absolute Gasteiger partial charge is 0.338 e. The lowest BCUT2D eigenvalue weighted by molar-refractivity contribution is 0.0467. The molecule has 0 atom stereocenters. The molecule has 0 amide bonds. The van der Waals surface area contributed by atoms with Crippen molar-refractivity contribution in [1.29, 1.82) is 0 Å². The number of ether oxygens (including phenoxy) is 1. The van der Waals surface area contributed by atoms with Gasteiger partial charge in [-0.3, -0.25) is 0 Å². The van der Waals surface area contributed by atoms with Crippen LogP contribution < -0.4 is 0 Å². The summed E-state index contributed by atoms with van der Waals surface area (Å²) in [5.74, 6) is -0.943. The van der Waals surface area contributed by atoms with Crippen LogP contribution >= 0.6 is 11.3 Å². The topological polar surface area (TPSA) is 39.2 Å². The van der Waals surface area contributed by atoms with Gasteiger partial charge in [0.05, 0.1) is 16.3 Å². The van der Waals surface area contributed by atoms with Crippen LogP contribution in [0.25, 0.3) is 0 Å². The second-order valence-electron chi connectivity index (χ2n) is 4.13. The van der Waals surface area contributed by atoms with Crippen molar-refractivity contribution in [2.45, 2.75) is 26.9 Å². The van der Waals surface area contributed by atoms with E-state index in [0.717, 1.165) is 17.1 Å². The van der Waals surface area contributed by atoms with Gasteiger partial charge < -0.3 is 4.74 Å². The number of benzene rings is 1. The van der Waals surface area contributed by atoms with E-state index in [9.17, 15) is 9.18 Å². The molecule has 0 saturated heterocycles. The first-order valence-electron chi connectivity index (χ1n) is 5.96. The number of hydrogen-bond acceptors (Lipinski definition) is 4. The molecule has 0 fully saturated rings. The lowest BCUT2D eigenvalue weighted by Gasteiger charge is -2.04. The molecule has 2 aromatic rings. The van der Waals surface area contributed by atoms with E-state index in [2.05, 4.69) is 4.98 Å². The van der Waals surface area contributed by atoms with E-state index >= 15 is 0 Å². The fraction of sp³-hybridized carbons (Fsp3) is 0.286. The van der Waals surface area contributed by atoms with Crippen LogP contribution in [0.15, 0.2) is 23.6 Å². The summed E-state index contributed by atoms with van der Waals surface area (Å²) in [5, 5.41) is 2.87. The van der Waals surface area contributed by atoms with E-state index in [1.165, 1.54) is 17.4 Å². The van der Waals surface area contributed by atoms with Crippen molar-refractivity contribution in [2.24, 2.45) is 0 Å². The normalized spacial score (nSPS) is 10.5. The van der Waals surface area contributed by atoms with Crippen molar-refractivity contribution in [1.82, 2.24) is 4.98 Å². The molecule has 19 heavy (non-hydrogen) atoms. The molecule has 0 spiro atoms. The number of aromatic nitrogens is 1. The number of rotatable bonds is 4. The number of aryl methyl sites for hydroxylation is 2. The van der Waals surface area contributed by atoms with Crippen LogP contribution in [-0.2, 0) is 17.8 Å². The zero-order valence-corrected chi connectivity index (χ0v) is 11.6. The highest BCUT2D eigenvalue weighted by atomic mass is 32.1. The Balaban J connectivity index is 1.99. The van der Waals surface area contributed by atoms with Crippen LogP contribution in [0.2, 0.25) is 0 Å². The summed E-state index contributed by atoms with van der Waals surface area (Å²) >= 11 is 1.54. The van der Waals surface area contributed by atoms with Crippen LogP contribution in [-0.4, -0.2) is 11.0 Å². The van der Waals surface area contributed by atoms with Gasteiger partial charge in [0.1, 0.15) is 12.4 Å². The van der Waals surface area contributed by atoms with Crippen LogP contribution in [0.5, 0.6) is 0 Å². The van der Waals surface area contributed by atoms with E-state index in [1.807, 2.05) is 12.3 Å². The molecule has 0 aliphatic carbocycles. The lowest BCUT2D eigenvalue weighted by Crippen LogP contribution is -2.06. The summed E-state index contributed by atoms with van der Waals surface area (Å²) in [7, 11) is 0. The number of carbonyl (C=O) groups excluding carboxylic acids is 1. The highest BCUT2D eigenvalue weighted by Gasteiger charge is 2.10. The largest absolute Gasteiger partial charge is 0.456 e. The molecule has 0 aliphatic heterocycles. The molecule has 0 saturated carbocycles. The van der Waals surface area contributed by atoms with Crippen molar-refractivity contribution in [3.8, 4) is 0 Å². The number of hydrogen-bond donors (Lipinski definition) is 0. The highest BCUT2D eigenvalue weighted by Crippen LogP contribution is 2.13. The minimum absolute atomic E-state index is 0.116. The van der Waals surface area contributed by atoms with Gasteiger partial charge in [-0.15, -0.1) is 11.3 Å². The molecule has 0 N–H and O–H groups in total. The number of thiazole rings is 1. The molecule has 3 nitrogen and oxygen atoms in total. The van der Waals surface area contributed by atoms with Crippen LogP contribution in [0.4, 0.5) is 4.39 Å². The maximum absolute atomic E-state index is 13.3. The Bertz CT molecular complexity index is 595. The zero-order valence-electron chi connectivity index (χ0n) is 10.8. The summed E-state index contributed by atoms with van der Waals surface area (Å²) in [5.41, 5.74) is 1.44. The van der Waals surface area contributed by atoms with E-state index < -0.39 is 11.8 Å².